The zero-order valence-corrected chi connectivity index (χ0v) is 21.2. The molecule has 0 unspecified atom stereocenters. The Labute approximate surface area is 207 Å². The summed E-state index contributed by atoms with van der Waals surface area (Å²) in [6.07, 6.45) is 9.95. The van der Waals surface area contributed by atoms with Gasteiger partial charge >= 0.3 is 0 Å². The van der Waals surface area contributed by atoms with Crippen LogP contribution in [0.4, 0.5) is 5.69 Å². The molecule has 2 aromatic rings. The minimum Gasteiger partial charge on any atom is -1.00 e. The van der Waals surface area contributed by atoms with Crippen molar-refractivity contribution in [1.82, 2.24) is 0 Å². The summed E-state index contributed by atoms with van der Waals surface area (Å²) in [5.41, 5.74) is 2.91. The maximum Gasteiger partial charge on any atom is 0.248 e. The second kappa shape index (κ2) is 11.5. The van der Waals surface area contributed by atoms with Gasteiger partial charge in [-0.25, -0.2) is 0 Å². The largest absolute Gasteiger partial charge is 1.00 e. The van der Waals surface area contributed by atoms with Gasteiger partial charge in [0, 0.05) is 17.3 Å². The van der Waals surface area contributed by atoms with E-state index in [0.717, 1.165) is 28.3 Å². The van der Waals surface area contributed by atoms with E-state index >= 15 is 0 Å². The first-order valence-electron chi connectivity index (χ1n) is 10.2. The molecule has 0 aromatic heterocycles. The van der Waals surface area contributed by atoms with Crippen LogP contribution in [0.1, 0.15) is 43.2 Å². The molecule has 3 nitrogen and oxygen atoms in total. The minimum absolute atomic E-state index is 0. The Morgan fingerprint density at radius 3 is 2.33 bits per heavy atom. The number of nitrogens with one attached hydrogen (secondary N) is 1. The molecule has 2 aromatic carbocycles. The summed E-state index contributed by atoms with van der Waals surface area (Å²) in [4.78, 5) is 12.2. The third-order valence-corrected chi connectivity index (χ3v) is 6.48. The highest BCUT2D eigenvalue weighted by Gasteiger charge is 2.29. The third-order valence-electron chi connectivity index (χ3n) is 5.75. The number of quaternary nitrogens is 1. The summed E-state index contributed by atoms with van der Waals surface area (Å²) in [5, 5.41) is 3.87. The Morgan fingerprint density at radius 1 is 1.03 bits per heavy atom. The molecule has 6 heteroatoms. The maximum atomic E-state index is 12.2. The molecular formula is C24H29Cl2IN2O. The predicted octanol–water partition coefficient (Wildman–Crippen LogP) is 3.56. The fraction of sp³-hybridized carbons (Fsp3) is 0.375. The lowest BCUT2D eigenvalue weighted by Crippen LogP contribution is -3.00. The molecule has 3 rings (SSSR count). The Bertz CT molecular complexity index is 875. The molecule has 30 heavy (non-hydrogen) atoms. The van der Waals surface area contributed by atoms with Crippen LogP contribution in [0.3, 0.4) is 0 Å². The van der Waals surface area contributed by atoms with E-state index in [1.165, 1.54) is 43.7 Å². The van der Waals surface area contributed by atoms with E-state index in [1.807, 2.05) is 18.2 Å². The molecule has 1 N–H and O–H groups in total. The molecule has 1 saturated carbocycles. The number of hydrogen-bond acceptors (Lipinski definition) is 1. The van der Waals surface area contributed by atoms with E-state index in [4.69, 9.17) is 23.2 Å². The molecule has 0 aliphatic heterocycles. The molecule has 0 atom stereocenters. The average Bonchev–Trinajstić information content (AvgIpc) is 2.71. The number of amides is 1. The van der Waals surface area contributed by atoms with Crippen molar-refractivity contribution in [2.24, 2.45) is 0 Å². The van der Waals surface area contributed by atoms with E-state index in [0.29, 0.717) is 10.0 Å². The Kier molecular flexibility index (Phi) is 9.67. The zero-order valence-electron chi connectivity index (χ0n) is 17.5. The first kappa shape index (κ1) is 25.2. The van der Waals surface area contributed by atoms with Gasteiger partial charge in [0.05, 0.1) is 30.2 Å². The van der Waals surface area contributed by atoms with Crippen molar-refractivity contribution in [3.63, 3.8) is 0 Å². The summed E-state index contributed by atoms with van der Waals surface area (Å²) in [6, 6.07) is 14.2. The van der Waals surface area contributed by atoms with Crippen molar-refractivity contribution < 1.29 is 33.3 Å². The van der Waals surface area contributed by atoms with Crippen LogP contribution in [-0.4, -0.2) is 30.5 Å². The van der Waals surface area contributed by atoms with Crippen molar-refractivity contribution in [3.8, 4) is 0 Å². The quantitative estimate of drug-likeness (QED) is 0.328. The van der Waals surface area contributed by atoms with E-state index in [1.54, 1.807) is 18.2 Å². The van der Waals surface area contributed by atoms with Crippen LogP contribution in [0.15, 0.2) is 48.5 Å². The highest BCUT2D eigenvalue weighted by Crippen LogP contribution is 2.28. The molecule has 162 valence electrons. The number of carbonyl (C=O) groups is 1. The van der Waals surface area contributed by atoms with E-state index < -0.39 is 0 Å². The summed E-state index contributed by atoms with van der Waals surface area (Å²) in [7, 11) is 4.67. The van der Waals surface area contributed by atoms with Crippen molar-refractivity contribution >= 4 is 40.9 Å². The van der Waals surface area contributed by atoms with Gasteiger partial charge in [-0.15, -0.1) is 0 Å². The van der Waals surface area contributed by atoms with E-state index in [9.17, 15) is 4.79 Å². The van der Waals surface area contributed by atoms with Crippen LogP contribution < -0.4 is 29.3 Å². The summed E-state index contributed by atoms with van der Waals surface area (Å²) in [5.74, 6) is -0.179. The Morgan fingerprint density at radius 2 is 1.70 bits per heavy atom. The SMILES string of the molecule is C[N+](C)(Cc1ccc(NC(=O)/C=C/c2ccc(Cl)c(Cl)c2)cc1)C1CCCCC1.[I-]. The average molecular weight is 559 g/mol. The number of rotatable bonds is 6. The van der Waals surface area contributed by atoms with Crippen molar-refractivity contribution in [3.05, 3.63) is 69.7 Å². The molecule has 0 radical (unpaired) electrons. The lowest BCUT2D eigenvalue weighted by Gasteiger charge is -2.40. The van der Waals surface area contributed by atoms with Crippen LogP contribution in [0.25, 0.3) is 6.08 Å². The molecule has 0 saturated heterocycles. The van der Waals surface area contributed by atoms with Gasteiger partial charge < -0.3 is 33.8 Å². The van der Waals surface area contributed by atoms with Gasteiger partial charge in [0.1, 0.15) is 6.54 Å². The number of carbonyl (C=O) groups excluding carboxylic acids is 1. The van der Waals surface area contributed by atoms with Gasteiger partial charge in [-0.1, -0.05) is 47.8 Å². The van der Waals surface area contributed by atoms with Gasteiger partial charge in [0.25, 0.3) is 0 Å². The van der Waals surface area contributed by atoms with E-state index in [2.05, 4.69) is 31.5 Å². The van der Waals surface area contributed by atoms with Crippen LogP contribution >= 0.6 is 23.2 Å². The van der Waals surface area contributed by atoms with Crippen LogP contribution in [-0.2, 0) is 11.3 Å². The lowest BCUT2D eigenvalue weighted by molar-refractivity contribution is -0.929. The molecular weight excluding hydrogens is 530 g/mol. The smallest absolute Gasteiger partial charge is 0.248 e. The first-order valence-corrected chi connectivity index (χ1v) is 10.9. The summed E-state index contributed by atoms with van der Waals surface area (Å²) in [6.45, 7) is 1.01. The zero-order chi connectivity index (χ0) is 20.9. The van der Waals surface area contributed by atoms with Gasteiger partial charge in [0.15, 0.2) is 0 Å². The molecule has 0 heterocycles. The second-order valence-electron chi connectivity index (χ2n) is 8.42. The molecule has 1 amide bonds. The lowest BCUT2D eigenvalue weighted by atomic mass is 9.92. The minimum atomic E-state index is -0.179. The first-order chi connectivity index (χ1) is 13.8. The Balaban J connectivity index is 0.00000320. The number of hydrogen-bond donors (Lipinski definition) is 1. The molecule has 1 aliphatic rings. The summed E-state index contributed by atoms with van der Waals surface area (Å²) < 4.78 is 1.03. The monoisotopic (exact) mass is 558 g/mol. The number of benzene rings is 2. The maximum absolute atomic E-state index is 12.2. The van der Waals surface area contributed by atoms with Gasteiger partial charge in [-0.05, 0) is 61.6 Å². The fourth-order valence-corrected chi connectivity index (χ4v) is 4.35. The highest BCUT2D eigenvalue weighted by molar-refractivity contribution is 6.42. The topological polar surface area (TPSA) is 29.1 Å². The van der Waals surface area contributed by atoms with E-state index in [-0.39, 0.29) is 29.9 Å². The molecule has 0 bridgehead atoms. The fourth-order valence-electron chi connectivity index (χ4n) is 4.05. The normalized spacial score (nSPS) is 15.1. The van der Waals surface area contributed by atoms with Crippen LogP contribution in [0, 0.1) is 0 Å². The van der Waals surface area contributed by atoms with Crippen molar-refractivity contribution in [2.45, 2.75) is 44.7 Å². The molecule has 1 aliphatic carbocycles. The second-order valence-corrected chi connectivity index (χ2v) is 9.24. The predicted molar refractivity (Wildman–Crippen MR) is 123 cm³/mol. The van der Waals surface area contributed by atoms with Crippen LogP contribution in [0.5, 0.6) is 0 Å². The molecule has 1 fully saturated rings. The highest BCUT2D eigenvalue weighted by atomic mass is 127. The molecule has 0 spiro atoms. The third kappa shape index (κ3) is 7.26. The number of nitrogens with zero attached hydrogens (tertiary/aromatic N) is 1. The van der Waals surface area contributed by atoms with Crippen LogP contribution in [0.2, 0.25) is 10.0 Å². The summed E-state index contributed by atoms with van der Waals surface area (Å²) >= 11 is 11.9. The number of anilines is 1. The van der Waals surface area contributed by atoms with Gasteiger partial charge in [0.2, 0.25) is 5.91 Å². The number of halogens is 3. The van der Waals surface area contributed by atoms with Crippen molar-refractivity contribution in [2.75, 3.05) is 19.4 Å². The Hall–Kier alpha value is -1.08. The van der Waals surface area contributed by atoms with Crippen molar-refractivity contribution in [1.29, 1.82) is 0 Å². The van der Waals surface area contributed by atoms with Gasteiger partial charge in [-0.2, -0.15) is 0 Å². The van der Waals surface area contributed by atoms with Gasteiger partial charge in [-0.3, -0.25) is 4.79 Å². The standard InChI is InChI=1S/C24H28Cl2N2O.HI/c1-28(2,21-6-4-3-5-7-21)17-19-8-12-20(13-9-19)27-24(29)15-11-18-10-14-22(25)23(26)16-18;/h8-16,21H,3-7,17H2,1-2H3;1H/b15-11+;.